The van der Waals surface area contributed by atoms with Gasteiger partial charge in [0.15, 0.2) is 5.16 Å². The Bertz CT molecular complexity index is 1580. The van der Waals surface area contributed by atoms with Crippen LogP contribution in [0, 0.1) is 19.8 Å². The molecule has 6 nitrogen and oxygen atoms in total. The lowest BCUT2D eigenvalue weighted by molar-refractivity contribution is -0.113. The number of fused-ring (bicyclic) bond motifs is 3. The predicted molar refractivity (Wildman–Crippen MR) is 153 cm³/mol. The molecule has 1 aliphatic carbocycles. The van der Waals surface area contributed by atoms with E-state index in [9.17, 15) is 9.59 Å². The normalized spacial score (nSPS) is 15.0. The minimum absolute atomic E-state index is 0.0647. The maximum atomic E-state index is 14.1. The van der Waals surface area contributed by atoms with Gasteiger partial charge in [-0.05, 0) is 80.0 Å². The van der Waals surface area contributed by atoms with Crippen LogP contribution in [0.25, 0.3) is 15.9 Å². The third-order valence-corrected chi connectivity index (χ3v) is 8.99. The Balaban J connectivity index is 1.55. The summed E-state index contributed by atoms with van der Waals surface area (Å²) in [6.45, 7) is 6.25. The molecule has 0 saturated carbocycles. The molecule has 37 heavy (non-hydrogen) atoms. The van der Waals surface area contributed by atoms with E-state index in [4.69, 9.17) is 21.3 Å². The highest BCUT2D eigenvalue weighted by Crippen LogP contribution is 2.37. The molecule has 9 heteroatoms. The van der Waals surface area contributed by atoms with E-state index in [2.05, 4.69) is 12.2 Å². The number of carbonyl (C=O) groups excluding carboxylic acids is 1. The van der Waals surface area contributed by atoms with Crippen molar-refractivity contribution in [1.29, 1.82) is 0 Å². The third kappa shape index (κ3) is 5.15. The van der Waals surface area contributed by atoms with E-state index in [1.54, 1.807) is 34.1 Å². The molecule has 4 aromatic rings. The van der Waals surface area contributed by atoms with Gasteiger partial charge in [0, 0.05) is 9.90 Å². The van der Waals surface area contributed by atoms with Crippen LogP contribution in [0.3, 0.4) is 0 Å². The Hall–Kier alpha value is -2.81. The lowest BCUT2D eigenvalue weighted by Gasteiger charge is -2.18. The third-order valence-electron chi connectivity index (χ3n) is 6.67. The fourth-order valence-electron chi connectivity index (χ4n) is 4.74. The van der Waals surface area contributed by atoms with Gasteiger partial charge in [0.2, 0.25) is 5.91 Å². The van der Waals surface area contributed by atoms with Crippen molar-refractivity contribution in [3.05, 3.63) is 73.3 Å². The van der Waals surface area contributed by atoms with Gasteiger partial charge in [-0.25, -0.2) is 4.98 Å². The monoisotopic (exact) mass is 553 g/mol. The molecule has 2 aromatic carbocycles. The second-order valence-electron chi connectivity index (χ2n) is 9.54. The molecule has 0 fully saturated rings. The Morgan fingerprint density at radius 2 is 2.08 bits per heavy atom. The van der Waals surface area contributed by atoms with Crippen LogP contribution in [0.1, 0.15) is 34.9 Å². The zero-order valence-corrected chi connectivity index (χ0v) is 23.6. The van der Waals surface area contributed by atoms with Crippen molar-refractivity contribution in [1.82, 2.24) is 9.55 Å². The number of hydrogen-bond donors (Lipinski definition) is 1. The van der Waals surface area contributed by atoms with E-state index in [0.29, 0.717) is 27.5 Å². The van der Waals surface area contributed by atoms with Gasteiger partial charge in [-0.3, -0.25) is 14.2 Å². The molecule has 2 aromatic heterocycles. The number of aromatic nitrogens is 2. The lowest BCUT2D eigenvalue weighted by atomic mass is 9.89. The first-order chi connectivity index (χ1) is 17.7. The summed E-state index contributed by atoms with van der Waals surface area (Å²) >= 11 is 8.98. The molecule has 1 amide bonds. The number of hydrogen-bond acceptors (Lipinski definition) is 6. The molecule has 0 radical (unpaired) electrons. The average molecular weight is 554 g/mol. The van der Waals surface area contributed by atoms with E-state index in [1.807, 2.05) is 32.0 Å². The Labute approximate surface area is 229 Å². The molecule has 1 atom stereocenters. The number of thiophene rings is 1. The molecule has 1 N–H and O–H groups in total. The first-order valence-corrected chi connectivity index (χ1v) is 14.3. The number of methoxy groups -OCH3 is 1. The molecular weight excluding hydrogens is 526 g/mol. The number of ether oxygens (including phenoxy) is 1. The van der Waals surface area contributed by atoms with Crippen molar-refractivity contribution < 1.29 is 9.53 Å². The standard InChI is InChI=1S/C28H28ClN3O3S2/c1-15-5-7-17(3)21(11-15)32-27(34)25-19-9-6-16(2)12-23(19)37-26(25)31-28(32)36-14-24(33)30-20-13-18(29)8-10-22(20)35-4/h5,7-8,10-11,13,16H,6,9,12,14H2,1-4H3,(H,30,33)/t16-/m1/s1. The second-order valence-corrected chi connectivity index (χ2v) is 12.0. The average Bonchev–Trinajstić information content (AvgIpc) is 3.22. The summed E-state index contributed by atoms with van der Waals surface area (Å²) < 4.78 is 7.03. The van der Waals surface area contributed by atoms with Crippen molar-refractivity contribution >= 4 is 56.5 Å². The predicted octanol–water partition coefficient (Wildman–Crippen LogP) is 6.58. The van der Waals surface area contributed by atoms with E-state index >= 15 is 0 Å². The number of anilines is 1. The summed E-state index contributed by atoms with van der Waals surface area (Å²) in [5.74, 6) is 0.947. The Morgan fingerprint density at radius 1 is 1.27 bits per heavy atom. The van der Waals surface area contributed by atoms with Gasteiger partial charge < -0.3 is 10.1 Å². The maximum absolute atomic E-state index is 14.1. The SMILES string of the molecule is COc1ccc(Cl)cc1NC(=O)CSc1nc2sc3c(c2c(=O)n1-c1cc(C)ccc1C)CC[C@@H](C)C3. The maximum Gasteiger partial charge on any atom is 0.267 e. The highest BCUT2D eigenvalue weighted by molar-refractivity contribution is 7.99. The van der Waals surface area contributed by atoms with E-state index in [-0.39, 0.29) is 17.2 Å². The molecule has 1 aliphatic rings. The van der Waals surface area contributed by atoms with Crippen LogP contribution >= 0.6 is 34.7 Å². The van der Waals surface area contributed by atoms with Crippen molar-refractivity contribution in [3.63, 3.8) is 0 Å². The number of thioether (sulfide) groups is 1. The minimum Gasteiger partial charge on any atom is -0.495 e. The Kier molecular flexibility index (Phi) is 7.34. The van der Waals surface area contributed by atoms with Gasteiger partial charge in [-0.1, -0.05) is 42.4 Å². The molecule has 0 bridgehead atoms. The van der Waals surface area contributed by atoms with E-state index in [0.717, 1.165) is 51.9 Å². The Morgan fingerprint density at radius 3 is 2.86 bits per heavy atom. The molecule has 0 spiro atoms. The number of benzene rings is 2. The zero-order chi connectivity index (χ0) is 26.3. The van der Waals surface area contributed by atoms with Gasteiger partial charge in [0.25, 0.3) is 5.56 Å². The lowest BCUT2D eigenvalue weighted by Crippen LogP contribution is -2.24. The molecular formula is C28H28ClN3O3S2. The number of carbonyl (C=O) groups is 1. The number of nitrogens with zero attached hydrogens (tertiary/aromatic N) is 2. The summed E-state index contributed by atoms with van der Waals surface area (Å²) in [5.41, 5.74) is 4.40. The van der Waals surface area contributed by atoms with Crippen LogP contribution in [0.5, 0.6) is 5.75 Å². The van der Waals surface area contributed by atoms with E-state index in [1.165, 1.54) is 23.7 Å². The fraction of sp³-hybridized carbons (Fsp3) is 0.321. The van der Waals surface area contributed by atoms with Crippen molar-refractivity contribution in [2.75, 3.05) is 18.2 Å². The first kappa shape index (κ1) is 25.8. The molecule has 0 unspecified atom stereocenters. The first-order valence-electron chi connectivity index (χ1n) is 12.2. The molecule has 192 valence electrons. The fourth-order valence-corrected chi connectivity index (χ4v) is 7.14. The molecule has 0 saturated heterocycles. The molecule has 2 heterocycles. The largest absolute Gasteiger partial charge is 0.495 e. The quantitative estimate of drug-likeness (QED) is 0.215. The molecule has 5 rings (SSSR count). The highest BCUT2D eigenvalue weighted by atomic mass is 35.5. The van der Waals surface area contributed by atoms with Crippen molar-refractivity contribution in [2.45, 2.75) is 45.2 Å². The van der Waals surface area contributed by atoms with Gasteiger partial charge in [0.05, 0.1) is 29.6 Å². The summed E-state index contributed by atoms with van der Waals surface area (Å²) in [5, 5.41) is 4.60. The smallest absolute Gasteiger partial charge is 0.267 e. The van der Waals surface area contributed by atoms with Crippen LogP contribution in [0.4, 0.5) is 5.69 Å². The summed E-state index contributed by atoms with van der Waals surface area (Å²) in [4.78, 5) is 34.0. The van der Waals surface area contributed by atoms with Gasteiger partial charge in [0.1, 0.15) is 10.6 Å². The number of nitrogens with one attached hydrogen (secondary N) is 1. The van der Waals surface area contributed by atoms with Gasteiger partial charge >= 0.3 is 0 Å². The summed E-state index contributed by atoms with van der Waals surface area (Å²) in [6, 6.07) is 11.1. The van der Waals surface area contributed by atoms with E-state index < -0.39 is 0 Å². The minimum atomic E-state index is -0.244. The summed E-state index contributed by atoms with van der Waals surface area (Å²) in [6.07, 6.45) is 2.95. The van der Waals surface area contributed by atoms with Crippen molar-refractivity contribution in [2.24, 2.45) is 5.92 Å². The van der Waals surface area contributed by atoms with Gasteiger partial charge in [-0.2, -0.15) is 0 Å². The van der Waals surface area contributed by atoms with Crippen LogP contribution in [-0.2, 0) is 17.6 Å². The van der Waals surface area contributed by atoms with Gasteiger partial charge in [-0.15, -0.1) is 11.3 Å². The zero-order valence-electron chi connectivity index (χ0n) is 21.2. The summed E-state index contributed by atoms with van der Waals surface area (Å²) in [7, 11) is 1.54. The topological polar surface area (TPSA) is 73.2 Å². The second kappa shape index (κ2) is 10.5. The number of halogens is 1. The number of aryl methyl sites for hydroxylation is 3. The highest BCUT2D eigenvalue weighted by Gasteiger charge is 2.26. The number of amides is 1. The van der Waals surface area contributed by atoms with Crippen LogP contribution in [0.2, 0.25) is 5.02 Å². The van der Waals surface area contributed by atoms with Crippen molar-refractivity contribution in [3.8, 4) is 11.4 Å². The number of rotatable bonds is 6. The van der Waals surface area contributed by atoms with Crippen LogP contribution in [0.15, 0.2) is 46.3 Å². The van der Waals surface area contributed by atoms with Crippen LogP contribution < -0.4 is 15.6 Å². The van der Waals surface area contributed by atoms with Crippen LogP contribution in [-0.4, -0.2) is 28.3 Å². The molecule has 0 aliphatic heterocycles.